The van der Waals surface area contributed by atoms with Gasteiger partial charge >= 0.3 is 127 Å². The van der Waals surface area contributed by atoms with E-state index in [9.17, 15) is 0 Å². The van der Waals surface area contributed by atoms with Gasteiger partial charge in [0.1, 0.15) is 0 Å². The van der Waals surface area contributed by atoms with Gasteiger partial charge in [0, 0.05) is 0 Å². The SMILES string of the molecule is Clc1cc(Cl)cc([Se]c2cc(Cl)cc(Cl)c2)c1. The van der Waals surface area contributed by atoms with E-state index < -0.39 is 0 Å². The van der Waals surface area contributed by atoms with Crippen molar-refractivity contribution in [3.63, 3.8) is 0 Å². The zero-order valence-electron chi connectivity index (χ0n) is 8.38. The first-order valence-corrected chi connectivity index (χ1v) is 7.85. The molecule has 0 fully saturated rings. The first kappa shape index (κ1) is 13.5. The van der Waals surface area contributed by atoms with E-state index in [1.54, 1.807) is 12.1 Å². The Balaban J connectivity index is 2.31. The Kier molecular flexibility index (Phi) is 4.65. The van der Waals surface area contributed by atoms with Crippen LogP contribution in [0.1, 0.15) is 0 Å². The van der Waals surface area contributed by atoms with Crippen molar-refractivity contribution in [2.75, 3.05) is 0 Å². The average Bonchev–Trinajstić information content (AvgIpc) is 2.13. The van der Waals surface area contributed by atoms with Gasteiger partial charge in [-0.2, -0.15) is 0 Å². The molecule has 88 valence electrons. The summed E-state index contributed by atoms with van der Waals surface area (Å²) in [5.74, 6) is 0. The van der Waals surface area contributed by atoms with Crippen molar-refractivity contribution in [1.82, 2.24) is 0 Å². The van der Waals surface area contributed by atoms with Crippen LogP contribution in [-0.2, 0) is 0 Å². The zero-order valence-corrected chi connectivity index (χ0v) is 13.1. The van der Waals surface area contributed by atoms with Gasteiger partial charge in [0.25, 0.3) is 0 Å². The summed E-state index contributed by atoms with van der Waals surface area (Å²) in [6.45, 7) is 0. The molecule has 0 N–H and O–H groups in total. The molecule has 0 aromatic heterocycles. The summed E-state index contributed by atoms with van der Waals surface area (Å²) in [7, 11) is 0. The predicted molar refractivity (Wildman–Crippen MR) is 77.9 cm³/mol. The van der Waals surface area contributed by atoms with Crippen LogP contribution in [0.3, 0.4) is 0 Å². The van der Waals surface area contributed by atoms with Crippen molar-refractivity contribution in [3.05, 3.63) is 56.5 Å². The monoisotopic (exact) mass is 370 g/mol. The molecule has 0 saturated carbocycles. The molecule has 0 spiro atoms. The molecule has 0 heterocycles. The van der Waals surface area contributed by atoms with Gasteiger partial charge in [0.15, 0.2) is 0 Å². The molecule has 17 heavy (non-hydrogen) atoms. The molecule has 2 aromatic rings. The fourth-order valence-electron chi connectivity index (χ4n) is 1.31. The van der Waals surface area contributed by atoms with Crippen LogP contribution in [0.25, 0.3) is 0 Å². The molecule has 0 aliphatic carbocycles. The van der Waals surface area contributed by atoms with E-state index in [4.69, 9.17) is 46.4 Å². The average molecular weight is 371 g/mol. The van der Waals surface area contributed by atoms with E-state index in [-0.39, 0.29) is 15.0 Å². The van der Waals surface area contributed by atoms with E-state index in [1.807, 2.05) is 24.3 Å². The fourth-order valence-corrected chi connectivity index (χ4v) is 5.08. The number of hydrogen-bond donors (Lipinski definition) is 0. The van der Waals surface area contributed by atoms with Gasteiger partial charge in [-0.05, 0) is 0 Å². The van der Waals surface area contributed by atoms with Crippen LogP contribution in [0, 0.1) is 0 Å². The Bertz CT molecular complexity index is 464. The second-order valence-electron chi connectivity index (χ2n) is 3.31. The van der Waals surface area contributed by atoms with Crippen LogP contribution in [0.15, 0.2) is 36.4 Å². The summed E-state index contributed by atoms with van der Waals surface area (Å²) >= 11 is 23.9. The van der Waals surface area contributed by atoms with E-state index in [0.29, 0.717) is 20.1 Å². The summed E-state index contributed by atoms with van der Waals surface area (Å²) in [4.78, 5) is 0. The normalized spacial score (nSPS) is 10.6. The van der Waals surface area contributed by atoms with Gasteiger partial charge < -0.3 is 0 Å². The van der Waals surface area contributed by atoms with Gasteiger partial charge in [-0.1, -0.05) is 0 Å². The number of rotatable bonds is 2. The fraction of sp³-hybridized carbons (Fsp3) is 0. The van der Waals surface area contributed by atoms with Crippen LogP contribution in [0.2, 0.25) is 20.1 Å². The molecular weight excluding hydrogens is 365 g/mol. The molecule has 0 saturated heterocycles. The van der Waals surface area contributed by atoms with E-state index in [0.717, 1.165) is 8.92 Å². The predicted octanol–water partition coefficient (Wildman–Crippen LogP) is 3.96. The Morgan fingerprint density at radius 3 is 1.12 bits per heavy atom. The molecule has 0 unspecified atom stereocenters. The Labute approximate surface area is 126 Å². The van der Waals surface area contributed by atoms with Crippen molar-refractivity contribution in [3.8, 4) is 0 Å². The molecular formula is C12H6Cl4Se. The third-order valence-corrected chi connectivity index (χ3v) is 4.76. The maximum absolute atomic E-state index is 5.95. The zero-order chi connectivity index (χ0) is 12.4. The van der Waals surface area contributed by atoms with E-state index in [1.165, 1.54) is 0 Å². The Morgan fingerprint density at radius 1 is 0.529 bits per heavy atom. The van der Waals surface area contributed by atoms with Crippen molar-refractivity contribution < 1.29 is 0 Å². The van der Waals surface area contributed by atoms with Crippen LogP contribution in [0.5, 0.6) is 0 Å². The van der Waals surface area contributed by atoms with E-state index in [2.05, 4.69) is 0 Å². The second kappa shape index (κ2) is 5.84. The van der Waals surface area contributed by atoms with Crippen LogP contribution in [-0.4, -0.2) is 15.0 Å². The van der Waals surface area contributed by atoms with Crippen molar-refractivity contribution >= 4 is 70.3 Å². The maximum atomic E-state index is 5.95. The molecule has 2 rings (SSSR count). The summed E-state index contributed by atoms with van der Waals surface area (Å²) in [6.07, 6.45) is 0. The molecule has 0 aliphatic heterocycles. The van der Waals surface area contributed by atoms with Gasteiger partial charge in [0.2, 0.25) is 0 Å². The molecule has 5 heteroatoms. The molecule has 0 bridgehead atoms. The van der Waals surface area contributed by atoms with Crippen LogP contribution >= 0.6 is 46.4 Å². The van der Waals surface area contributed by atoms with Crippen LogP contribution < -0.4 is 8.92 Å². The van der Waals surface area contributed by atoms with Crippen molar-refractivity contribution in [1.29, 1.82) is 0 Å². The standard InChI is InChI=1S/C12H6Cl4Se/c13-7-1-8(14)4-11(3-7)17-12-5-9(15)2-10(16)6-12/h1-6H. The van der Waals surface area contributed by atoms with Crippen molar-refractivity contribution in [2.24, 2.45) is 0 Å². The van der Waals surface area contributed by atoms with Gasteiger partial charge in [-0.25, -0.2) is 0 Å². The summed E-state index contributed by atoms with van der Waals surface area (Å²) in [6, 6.07) is 11.1. The Morgan fingerprint density at radius 2 is 0.824 bits per heavy atom. The summed E-state index contributed by atoms with van der Waals surface area (Å²) in [5, 5.41) is 2.56. The van der Waals surface area contributed by atoms with Gasteiger partial charge in [-0.3, -0.25) is 0 Å². The van der Waals surface area contributed by atoms with Crippen molar-refractivity contribution in [2.45, 2.75) is 0 Å². The number of halogens is 4. The molecule has 0 amide bonds. The first-order valence-electron chi connectivity index (χ1n) is 4.63. The summed E-state index contributed by atoms with van der Waals surface area (Å²) in [5.41, 5.74) is 0. The quantitative estimate of drug-likeness (QED) is 0.702. The molecule has 0 atom stereocenters. The minimum atomic E-state index is 0.0864. The Hall–Kier alpha value is 0.119. The molecule has 0 aliphatic rings. The van der Waals surface area contributed by atoms with Gasteiger partial charge in [-0.15, -0.1) is 0 Å². The van der Waals surface area contributed by atoms with Gasteiger partial charge in [0.05, 0.1) is 0 Å². The van der Waals surface area contributed by atoms with Crippen LogP contribution in [0.4, 0.5) is 0 Å². The molecule has 0 nitrogen and oxygen atoms in total. The third-order valence-electron chi connectivity index (χ3n) is 1.91. The number of hydrogen-bond acceptors (Lipinski definition) is 0. The number of benzene rings is 2. The minimum absolute atomic E-state index is 0.0864. The topological polar surface area (TPSA) is 0 Å². The first-order chi connectivity index (χ1) is 8.02. The summed E-state index contributed by atoms with van der Waals surface area (Å²) < 4.78 is 2.18. The molecule has 2 aromatic carbocycles. The molecule has 0 radical (unpaired) electrons. The van der Waals surface area contributed by atoms with E-state index >= 15 is 0 Å². The third kappa shape index (κ3) is 4.06. The second-order valence-corrected chi connectivity index (χ2v) is 7.46.